The second kappa shape index (κ2) is 5.72. The van der Waals surface area contributed by atoms with Gasteiger partial charge in [0, 0.05) is 30.2 Å². The highest BCUT2D eigenvalue weighted by Crippen LogP contribution is 2.35. The van der Waals surface area contributed by atoms with E-state index in [1.807, 2.05) is 18.2 Å². The molecule has 0 spiro atoms. The van der Waals surface area contributed by atoms with E-state index in [2.05, 4.69) is 18.7 Å². The number of rotatable bonds is 3. The zero-order valence-corrected chi connectivity index (χ0v) is 11.3. The predicted octanol–water partition coefficient (Wildman–Crippen LogP) is 2.65. The molecule has 1 saturated heterocycles. The van der Waals surface area contributed by atoms with Crippen LogP contribution in [0.25, 0.3) is 0 Å². The standard InChI is InChI=1S/C15H24N2O/c1-11-6-5-7-13(10-16)17(11)12(2)14-8-3-4-9-15(14)18/h3-4,8-9,11-13,18H,5-7,10,16H2,1-2H3. The molecule has 3 unspecified atom stereocenters. The van der Waals surface area contributed by atoms with Crippen LogP contribution in [0.2, 0.25) is 0 Å². The summed E-state index contributed by atoms with van der Waals surface area (Å²) in [4.78, 5) is 2.47. The highest BCUT2D eigenvalue weighted by molar-refractivity contribution is 5.34. The molecule has 3 N–H and O–H groups in total. The molecule has 1 aliphatic rings. The molecule has 0 bridgehead atoms. The molecule has 1 aromatic rings. The van der Waals surface area contributed by atoms with Gasteiger partial charge < -0.3 is 10.8 Å². The van der Waals surface area contributed by atoms with Gasteiger partial charge in [0.15, 0.2) is 0 Å². The lowest BCUT2D eigenvalue weighted by atomic mass is 9.92. The summed E-state index contributed by atoms with van der Waals surface area (Å²) in [7, 11) is 0. The summed E-state index contributed by atoms with van der Waals surface area (Å²) in [6.07, 6.45) is 3.64. The molecule has 1 aliphatic heterocycles. The Balaban J connectivity index is 2.25. The van der Waals surface area contributed by atoms with Crippen molar-refractivity contribution in [1.82, 2.24) is 4.90 Å². The van der Waals surface area contributed by atoms with Crippen LogP contribution in [0.5, 0.6) is 5.75 Å². The van der Waals surface area contributed by atoms with Crippen LogP contribution in [0.4, 0.5) is 0 Å². The fourth-order valence-corrected chi connectivity index (χ4v) is 3.25. The van der Waals surface area contributed by atoms with E-state index in [1.165, 1.54) is 19.3 Å². The van der Waals surface area contributed by atoms with E-state index in [1.54, 1.807) is 6.07 Å². The van der Waals surface area contributed by atoms with Gasteiger partial charge in [0.05, 0.1) is 0 Å². The molecule has 1 heterocycles. The Bertz CT molecular complexity index is 394. The van der Waals surface area contributed by atoms with Crippen LogP contribution in [0.1, 0.15) is 44.7 Å². The van der Waals surface area contributed by atoms with E-state index in [-0.39, 0.29) is 6.04 Å². The van der Waals surface area contributed by atoms with Crippen LogP contribution < -0.4 is 5.73 Å². The van der Waals surface area contributed by atoms with Crippen molar-refractivity contribution >= 4 is 0 Å². The third-order valence-corrected chi connectivity index (χ3v) is 4.20. The molecule has 1 fully saturated rings. The summed E-state index contributed by atoms with van der Waals surface area (Å²) in [5.41, 5.74) is 6.91. The Morgan fingerprint density at radius 3 is 2.78 bits per heavy atom. The van der Waals surface area contributed by atoms with Crippen LogP contribution in [0.3, 0.4) is 0 Å². The number of phenolic OH excluding ortho intramolecular Hbond substituents is 1. The Hall–Kier alpha value is -1.06. The summed E-state index contributed by atoms with van der Waals surface area (Å²) in [6.45, 7) is 5.13. The number of hydrogen-bond acceptors (Lipinski definition) is 3. The molecule has 1 aromatic carbocycles. The van der Waals surface area contributed by atoms with Crippen molar-refractivity contribution in [3.05, 3.63) is 29.8 Å². The van der Waals surface area contributed by atoms with Gasteiger partial charge in [-0.05, 0) is 32.8 Å². The molecule has 0 saturated carbocycles. The number of nitrogens with zero attached hydrogens (tertiary/aromatic N) is 1. The number of piperidine rings is 1. The fraction of sp³-hybridized carbons (Fsp3) is 0.600. The lowest BCUT2D eigenvalue weighted by Crippen LogP contribution is -2.49. The quantitative estimate of drug-likeness (QED) is 0.864. The number of para-hydroxylation sites is 1. The molecular formula is C15H24N2O. The SMILES string of the molecule is CC1CCCC(CN)N1C(C)c1ccccc1O. The van der Waals surface area contributed by atoms with Crippen LogP contribution in [0, 0.1) is 0 Å². The number of likely N-dealkylation sites (tertiary alicyclic amines) is 1. The minimum atomic E-state index is 0.218. The van der Waals surface area contributed by atoms with Crippen molar-refractivity contribution < 1.29 is 5.11 Å². The molecule has 18 heavy (non-hydrogen) atoms. The molecule has 0 aromatic heterocycles. The first-order valence-electron chi connectivity index (χ1n) is 6.90. The Morgan fingerprint density at radius 2 is 2.11 bits per heavy atom. The smallest absolute Gasteiger partial charge is 0.120 e. The van der Waals surface area contributed by atoms with Crippen molar-refractivity contribution in [1.29, 1.82) is 0 Å². The van der Waals surface area contributed by atoms with Crippen LogP contribution in [-0.2, 0) is 0 Å². The van der Waals surface area contributed by atoms with E-state index in [0.717, 1.165) is 5.56 Å². The number of aromatic hydroxyl groups is 1. The van der Waals surface area contributed by atoms with E-state index >= 15 is 0 Å². The Labute approximate surface area is 110 Å². The molecule has 3 nitrogen and oxygen atoms in total. The summed E-state index contributed by atoms with van der Waals surface area (Å²) in [5, 5.41) is 10.00. The zero-order chi connectivity index (χ0) is 13.1. The maximum Gasteiger partial charge on any atom is 0.120 e. The van der Waals surface area contributed by atoms with E-state index < -0.39 is 0 Å². The largest absolute Gasteiger partial charge is 0.508 e. The van der Waals surface area contributed by atoms with Crippen molar-refractivity contribution in [2.75, 3.05) is 6.54 Å². The van der Waals surface area contributed by atoms with Crippen LogP contribution >= 0.6 is 0 Å². The Morgan fingerprint density at radius 1 is 1.39 bits per heavy atom. The minimum Gasteiger partial charge on any atom is -0.508 e. The highest BCUT2D eigenvalue weighted by Gasteiger charge is 2.32. The average Bonchev–Trinajstić information content (AvgIpc) is 2.38. The fourth-order valence-electron chi connectivity index (χ4n) is 3.25. The average molecular weight is 248 g/mol. The topological polar surface area (TPSA) is 49.5 Å². The van der Waals surface area contributed by atoms with Gasteiger partial charge in [-0.1, -0.05) is 24.6 Å². The van der Waals surface area contributed by atoms with Crippen molar-refractivity contribution in [2.24, 2.45) is 5.73 Å². The first-order valence-corrected chi connectivity index (χ1v) is 6.90. The van der Waals surface area contributed by atoms with Crippen molar-refractivity contribution in [3.8, 4) is 5.75 Å². The number of phenols is 1. The summed E-state index contributed by atoms with van der Waals surface area (Å²) in [6, 6.07) is 8.80. The molecular weight excluding hydrogens is 224 g/mol. The summed E-state index contributed by atoms with van der Waals surface area (Å²) < 4.78 is 0. The second-order valence-electron chi connectivity index (χ2n) is 5.35. The maximum absolute atomic E-state index is 10.00. The van der Waals surface area contributed by atoms with Gasteiger partial charge >= 0.3 is 0 Å². The van der Waals surface area contributed by atoms with E-state index in [0.29, 0.717) is 24.4 Å². The number of benzene rings is 1. The lowest BCUT2D eigenvalue weighted by molar-refractivity contribution is 0.0560. The molecule has 0 amide bonds. The minimum absolute atomic E-state index is 0.218. The number of nitrogens with two attached hydrogens (primary N) is 1. The van der Waals surface area contributed by atoms with Crippen LogP contribution in [-0.4, -0.2) is 28.6 Å². The molecule has 2 rings (SSSR count). The van der Waals surface area contributed by atoms with Gasteiger partial charge in [-0.3, -0.25) is 4.90 Å². The molecule has 100 valence electrons. The Kier molecular flexibility index (Phi) is 4.25. The third kappa shape index (κ3) is 2.52. The molecule has 3 atom stereocenters. The maximum atomic E-state index is 10.00. The van der Waals surface area contributed by atoms with Crippen LogP contribution in [0.15, 0.2) is 24.3 Å². The van der Waals surface area contributed by atoms with Gasteiger partial charge in [-0.15, -0.1) is 0 Å². The van der Waals surface area contributed by atoms with Crippen molar-refractivity contribution in [2.45, 2.75) is 51.2 Å². The van der Waals surface area contributed by atoms with E-state index in [9.17, 15) is 5.11 Å². The number of hydrogen-bond donors (Lipinski definition) is 2. The van der Waals surface area contributed by atoms with Gasteiger partial charge in [-0.25, -0.2) is 0 Å². The summed E-state index contributed by atoms with van der Waals surface area (Å²) in [5.74, 6) is 0.388. The van der Waals surface area contributed by atoms with Gasteiger partial charge in [-0.2, -0.15) is 0 Å². The summed E-state index contributed by atoms with van der Waals surface area (Å²) >= 11 is 0. The van der Waals surface area contributed by atoms with Gasteiger partial charge in [0.1, 0.15) is 5.75 Å². The molecule has 3 heteroatoms. The predicted molar refractivity (Wildman–Crippen MR) is 74.5 cm³/mol. The first-order chi connectivity index (χ1) is 8.65. The lowest BCUT2D eigenvalue weighted by Gasteiger charge is -2.44. The van der Waals surface area contributed by atoms with E-state index in [4.69, 9.17) is 5.73 Å². The highest BCUT2D eigenvalue weighted by atomic mass is 16.3. The first kappa shape index (κ1) is 13.4. The zero-order valence-electron chi connectivity index (χ0n) is 11.3. The van der Waals surface area contributed by atoms with Gasteiger partial charge in [0.25, 0.3) is 0 Å². The molecule has 0 radical (unpaired) electrons. The molecule has 0 aliphatic carbocycles. The van der Waals surface area contributed by atoms with Gasteiger partial charge in [0.2, 0.25) is 0 Å². The monoisotopic (exact) mass is 248 g/mol. The van der Waals surface area contributed by atoms with Crippen molar-refractivity contribution in [3.63, 3.8) is 0 Å². The third-order valence-electron chi connectivity index (χ3n) is 4.20. The normalized spacial score (nSPS) is 27.1. The second-order valence-corrected chi connectivity index (χ2v) is 5.35.